The molecule has 11 nitrogen and oxygen atoms in total. The van der Waals surface area contributed by atoms with Crippen LogP contribution in [0.2, 0.25) is 0 Å². The first-order valence-electron chi connectivity index (χ1n) is 13.0. The molecule has 2 fully saturated rings. The maximum Gasteiger partial charge on any atom is 0.380 e. The van der Waals surface area contributed by atoms with E-state index in [1.807, 2.05) is 30.3 Å². The quantitative estimate of drug-likeness (QED) is 0.262. The number of carbonyl (C=O) groups excluding carboxylic acids is 1. The van der Waals surface area contributed by atoms with E-state index >= 15 is 0 Å². The number of H-pyrrole nitrogens is 1. The number of hydrogen-bond donors (Lipinski definition) is 2. The van der Waals surface area contributed by atoms with Crippen LogP contribution < -0.4 is 15.8 Å². The molecular formula is C28H31N2O9P. The van der Waals surface area contributed by atoms with Gasteiger partial charge >= 0.3 is 19.3 Å². The Hall–Kier alpha value is -3.50. The Morgan fingerprint density at radius 1 is 1.12 bits per heavy atom. The molecule has 40 heavy (non-hydrogen) atoms. The van der Waals surface area contributed by atoms with Crippen molar-refractivity contribution in [1.82, 2.24) is 9.55 Å². The van der Waals surface area contributed by atoms with Crippen LogP contribution in [0.5, 0.6) is 5.75 Å². The number of benzene rings is 2. The van der Waals surface area contributed by atoms with Gasteiger partial charge in [-0.2, -0.15) is 0 Å². The normalized spacial score (nSPS) is 23.3. The lowest BCUT2D eigenvalue weighted by Gasteiger charge is -2.24. The maximum atomic E-state index is 14.0. The van der Waals surface area contributed by atoms with Crippen molar-refractivity contribution in [1.29, 1.82) is 0 Å². The summed E-state index contributed by atoms with van der Waals surface area (Å²) < 4.78 is 38.3. The third-order valence-corrected chi connectivity index (χ3v) is 9.24. The van der Waals surface area contributed by atoms with Crippen LogP contribution in [0, 0.1) is 11.3 Å². The van der Waals surface area contributed by atoms with Crippen LogP contribution in [0.15, 0.2) is 82.5 Å². The van der Waals surface area contributed by atoms with Crippen molar-refractivity contribution in [2.75, 3.05) is 12.8 Å². The summed E-state index contributed by atoms with van der Waals surface area (Å²) in [4.78, 5) is 38.9. The summed E-state index contributed by atoms with van der Waals surface area (Å²) in [6, 6.07) is 18.8. The Bertz CT molecular complexity index is 1490. The monoisotopic (exact) mass is 570 g/mol. The lowest BCUT2D eigenvalue weighted by molar-refractivity contribution is -0.148. The third kappa shape index (κ3) is 6.13. The molecule has 1 saturated carbocycles. The van der Waals surface area contributed by atoms with Gasteiger partial charge in [-0.05, 0) is 30.5 Å². The van der Waals surface area contributed by atoms with Gasteiger partial charge in [0.1, 0.15) is 24.7 Å². The maximum absolute atomic E-state index is 14.0. The number of aromatic nitrogens is 2. The Labute approximate surface area is 230 Å². The van der Waals surface area contributed by atoms with Gasteiger partial charge in [0.05, 0.1) is 24.8 Å². The fraction of sp³-hybridized carbons (Fsp3) is 0.393. The Kier molecular flexibility index (Phi) is 8.09. The van der Waals surface area contributed by atoms with E-state index in [2.05, 4.69) is 4.98 Å². The molecular weight excluding hydrogens is 539 g/mol. The molecule has 0 bridgehead atoms. The molecule has 1 saturated heterocycles. The molecule has 5 rings (SSSR count). The number of carbonyl (C=O) groups is 1. The van der Waals surface area contributed by atoms with Crippen molar-refractivity contribution in [3.8, 4) is 5.75 Å². The van der Waals surface area contributed by atoms with Gasteiger partial charge in [0.25, 0.3) is 5.56 Å². The first-order valence-corrected chi connectivity index (χ1v) is 14.8. The van der Waals surface area contributed by atoms with Gasteiger partial charge in [0, 0.05) is 17.7 Å². The Morgan fingerprint density at radius 2 is 1.80 bits per heavy atom. The molecule has 2 N–H and O–H groups in total. The molecule has 5 atom stereocenters. The molecule has 3 aromatic rings. The van der Waals surface area contributed by atoms with Crippen molar-refractivity contribution < 1.29 is 33.0 Å². The molecule has 2 heterocycles. The topological polar surface area (TPSA) is 146 Å². The van der Waals surface area contributed by atoms with Crippen molar-refractivity contribution in [3.63, 3.8) is 0 Å². The molecule has 1 spiro atoms. The number of esters is 1. The summed E-state index contributed by atoms with van der Waals surface area (Å²) >= 11 is 0. The number of aliphatic hydroxyl groups excluding tert-OH is 1. The number of ether oxygens (including phenoxy) is 2. The van der Waals surface area contributed by atoms with E-state index in [1.165, 1.54) is 16.8 Å². The summed E-state index contributed by atoms with van der Waals surface area (Å²) in [7, 11) is -3.96. The molecule has 1 unspecified atom stereocenters. The average Bonchev–Trinajstić information content (AvgIpc) is 3.70. The van der Waals surface area contributed by atoms with Gasteiger partial charge in [-0.3, -0.25) is 23.7 Å². The van der Waals surface area contributed by atoms with Crippen LogP contribution in [-0.2, 0) is 30.0 Å². The predicted octanol–water partition coefficient (Wildman–Crippen LogP) is 3.24. The van der Waals surface area contributed by atoms with E-state index in [0.717, 1.165) is 5.56 Å². The van der Waals surface area contributed by atoms with Crippen LogP contribution in [0.4, 0.5) is 0 Å². The second-order valence-electron chi connectivity index (χ2n) is 10.2. The standard InChI is InChI=1S/C28H31N2O9P/c1-19(25(33)36-16-20-8-4-2-5-9-20)18-40(35,39-21-10-6-3-7-11-21)37-17-22-24(32)28(13-14-28)26(38-22)30-15-12-23(31)29-27(30)34/h2-12,15,19,22,24,26,32H,13-14,16-18H2,1H3,(H,29,31,34)/t19-,22-,24-,26-,40?/m1/s1. The second kappa shape index (κ2) is 11.5. The number of nitrogens with one attached hydrogen (secondary N) is 1. The van der Waals surface area contributed by atoms with Gasteiger partial charge in [0.2, 0.25) is 0 Å². The highest BCUT2D eigenvalue weighted by molar-refractivity contribution is 7.54. The summed E-state index contributed by atoms with van der Waals surface area (Å²) in [5.41, 5.74) is -1.10. The highest BCUT2D eigenvalue weighted by atomic mass is 31.2. The summed E-state index contributed by atoms with van der Waals surface area (Å²) in [5.74, 6) is -1.09. The largest absolute Gasteiger partial charge is 0.461 e. The summed E-state index contributed by atoms with van der Waals surface area (Å²) in [6.07, 6.45) is -0.525. The fourth-order valence-electron chi connectivity index (χ4n) is 4.89. The molecule has 0 radical (unpaired) electrons. The Balaban J connectivity index is 1.29. The summed E-state index contributed by atoms with van der Waals surface area (Å²) in [6.45, 7) is 1.34. The van der Waals surface area contributed by atoms with Crippen molar-refractivity contribution in [2.45, 2.75) is 44.8 Å². The van der Waals surface area contributed by atoms with Gasteiger partial charge in [0.15, 0.2) is 0 Å². The number of aromatic amines is 1. The summed E-state index contributed by atoms with van der Waals surface area (Å²) in [5, 5.41) is 11.1. The Morgan fingerprint density at radius 3 is 2.45 bits per heavy atom. The lowest BCUT2D eigenvalue weighted by Crippen LogP contribution is -2.35. The third-order valence-electron chi connectivity index (χ3n) is 7.21. The van der Waals surface area contributed by atoms with E-state index in [1.54, 1.807) is 37.3 Å². The number of aliphatic hydroxyl groups is 1. The van der Waals surface area contributed by atoms with Crippen LogP contribution in [-0.4, -0.2) is 45.6 Å². The molecule has 1 aliphatic heterocycles. The van der Waals surface area contributed by atoms with Gasteiger partial charge in [-0.1, -0.05) is 55.5 Å². The number of para-hydroxylation sites is 1. The van der Waals surface area contributed by atoms with Crippen LogP contribution in [0.3, 0.4) is 0 Å². The lowest BCUT2D eigenvalue weighted by atomic mass is 9.96. The highest BCUT2D eigenvalue weighted by Crippen LogP contribution is 2.62. The number of hydrogen-bond acceptors (Lipinski definition) is 9. The molecule has 2 aliphatic rings. The first-order chi connectivity index (χ1) is 19.2. The SMILES string of the molecule is C[C@H](CP(=O)(OC[C@H]1O[C@@H](n2ccc(=O)[nH]c2=O)C2(CC2)[C@@H]1O)Oc1ccccc1)C(=O)OCc1ccccc1. The zero-order valence-electron chi connectivity index (χ0n) is 21.9. The zero-order valence-corrected chi connectivity index (χ0v) is 22.8. The number of nitrogens with zero attached hydrogens (tertiary/aromatic N) is 1. The molecule has 0 amide bonds. The second-order valence-corrected chi connectivity index (χ2v) is 12.2. The van der Waals surface area contributed by atoms with E-state index in [4.69, 9.17) is 18.5 Å². The van der Waals surface area contributed by atoms with Gasteiger partial charge in [-0.15, -0.1) is 0 Å². The highest BCUT2D eigenvalue weighted by Gasteiger charge is 2.64. The van der Waals surface area contributed by atoms with Crippen LogP contribution >= 0.6 is 7.60 Å². The van der Waals surface area contributed by atoms with Gasteiger partial charge < -0.3 is 19.1 Å². The minimum Gasteiger partial charge on any atom is -0.461 e. The fourth-order valence-corrected chi connectivity index (χ4v) is 6.76. The number of rotatable bonds is 11. The zero-order chi connectivity index (χ0) is 28.3. The molecule has 1 aliphatic carbocycles. The van der Waals surface area contributed by atoms with Crippen molar-refractivity contribution in [2.24, 2.45) is 11.3 Å². The first kappa shape index (κ1) is 28.0. The van der Waals surface area contributed by atoms with E-state index in [-0.39, 0.29) is 19.4 Å². The smallest absolute Gasteiger partial charge is 0.380 e. The van der Waals surface area contributed by atoms with Crippen LogP contribution in [0.25, 0.3) is 0 Å². The minimum absolute atomic E-state index is 0.0738. The molecule has 12 heteroatoms. The van der Waals surface area contributed by atoms with E-state index in [0.29, 0.717) is 18.6 Å². The average molecular weight is 571 g/mol. The molecule has 2 aromatic carbocycles. The molecule has 1 aromatic heterocycles. The van der Waals surface area contributed by atoms with Crippen LogP contribution in [0.1, 0.15) is 31.6 Å². The van der Waals surface area contributed by atoms with E-state index in [9.17, 15) is 24.1 Å². The van der Waals surface area contributed by atoms with Gasteiger partial charge in [-0.25, -0.2) is 9.36 Å². The van der Waals surface area contributed by atoms with Crippen molar-refractivity contribution in [3.05, 3.63) is 99.3 Å². The van der Waals surface area contributed by atoms with Crippen molar-refractivity contribution >= 4 is 13.6 Å². The predicted molar refractivity (Wildman–Crippen MR) is 144 cm³/mol. The minimum atomic E-state index is -3.96. The van der Waals surface area contributed by atoms with E-state index < -0.39 is 54.6 Å². The molecule has 212 valence electrons.